The van der Waals surface area contributed by atoms with E-state index in [9.17, 15) is 0 Å². The summed E-state index contributed by atoms with van der Waals surface area (Å²) in [4.78, 5) is 0. The van der Waals surface area contributed by atoms with Gasteiger partial charge < -0.3 is 0 Å². The first-order chi connectivity index (χ1) is 6.88. The summed E-state index contributed by atoms with van der Waals surface area (Å²) >= 11 is 0. The molecule has 0 saturated heterocycles. The number of aromatic nitrogens is 3. The van der Waals surface area contributed by atoms with Crippen LogP contribution >= 0.6 is 0 Å². The second-order valence-electron chi connectivity index (χ2n) is 3.76. The highest BCUT2D eigenvalue weighted by Gasteiger charge is 2.02. The van der Waals surface area contributed by atoms with E-state index in [-0.39, 0.29) is 0 Å². The molecule has 0 unspecified atom stereocenters. The molecule has 1 rings (SSSR count). The smallest absolute Gasteiger partial charge is 0.0725 e. The fourth-order valence-electron chi connectivity index (χ4n) is 1.52. The first-order valence-corrected chi connectivity index (χ1v) is 5.75. The van der Waals surface area contributed by atoms with Gasteiger partial charge in [-0.05, 0) is 19.3 Å². The number of aryl methyl sites for hydroxylation is 2. The van der Waals surface area contributed by atoms with Gasteiger partial charge in [0.25, 0.3) is 0 Å². The maximum absolute atomic E-state index is 4.10. The zero-order chi connectivity index (χ0) is 10.2. The summed E-state index contributed by atoms with van der Waals surface area (Å²) < 4.78 is 2.05. The van der Waals surface area contributed by atoms with Crippen LogP contribution < -0.4 is 0 Å². The molecule has 14 heavy (non-hydrogen) atoms. The quantitative estimate of drug-likeness (QED) is 0.626. The third kappa shape index (κ3) is 3.48. The van der Waals surface area contributed by atoms with Gasteiger partial charge in [-0.2, -0.15) is 0 Å². The second kappa shape index (κ2) is 6.57. The maximum Gasteiger partial charge on any atom is 0.0725 e. The fourth-order valence-corrected chi connectivity index (χ4v) is 1.52. The molecule has 0 N–H and O–H groups in total. The van der Waals surface area contributed by atoms with E-state index in [0.29, 0.717) is 0 Å². The lowest BCUT2D eigenvalue weighted by molar-refractivity contribution is 0.526. The third-order valence-corrected chi connectivity index (χ3v) is 2.46. The molecule has 0 spiro atoms. The van der Waals surface area contributed by atoms with Crippen molar-refractivity contribution in [3.63, 3.8) is 0 Å². The van der Waals surface area contributed by atoms with Crippen LogP contribution in [0.4, 0.5) is 0 Å². The van der Waals surface area contributed by atoms with Crippen molar-refractivity contribution in [3.05, 3.63) is 11.9 Å². The van der Waals surface area contributed by atoms with Gasteiger partial charge in [-0.25, -0.2) is 4.68 Å². The minimum atomic E-state index is 1.03. The highest BCUT2D eigenvalue weighted by molar-refractivity contribution is 4.93. The van der Waals surface area contributed by atoms with E-state index < -0.39 is 0 Å². The van der Waals surface area contributed by atoms with Gasteiger partial charge in [-0.15, -0.1) is 5.10 Å². The van der Waals surface area contributed by atoms with Gasteiger partial charge >= 0.3 is 0 Å². The molecule has 80 valence electrons. The van der Waals surface area contributed by atoms with E-state index in [2.05, 4.69) is 28.8 Å². The van der Waals surface area contributed by atoms with Gasteiger partial charge in [0, 0.05) is 6.54 Å². The predicted octanol–water partition coefficient (Wildman–Crippen LogP) is 2.81. The molecule has 1 aromatic rings. The Morgan fingerprint density at radius 1 is 1.14 bits per heavy atom. The Kier molecular flexibility index (Phi) is 5.27. The Labute approximate surface area is 86.5 Å². The topological polar surface area (TPSA) is 30.7 Å². The van der Waals surface area contributed by atoms with Crippen molar-refractivity contribution in [2.45, 2.75) is 58.9 Å². The van der Waals surface area contributed by atoms with Crippen LogP contribution in [0.3, 0.4) is 0 Å². The van der Waals surface area contributed by atoms with Gasteiger partial charge in [-0.1, -0.05) is 38.3 Å². The van der Waals surface area contributed by atoms with Crippen LogP contribution in [0.1, 0.15) is 51.6 Å². The van der Waals surface area contributed by atoms with Crippen molar-refractivity contribution in [1.29, 1.82) is 0 Å². The molecular formula is C11H21N3. The molecule has 1 heterocycles. The van der Waals surface area contributed by atoms with Crippen molar-refractivity contribution in [1.82, 2.24) is 15.0 Å². The van der Waals surface area contributed by atoms with Crippen LogP contribution in [0.2, 0.25) is 0 Å². The number of nitrogens with zero attached hydrogens (tertiary/aromatic N) is 3. The Hall–Kier alpha value is -0.860. The molecule has 0 fully saturated rings. The summed E-state index contributed by atoms with van der Waals surface area (Å²) in [5, 5.41) is 8.07. The van der Waals surface area contributed by atoms with E-state index in [0.717, 1.165) is 13.0 Å². The Bertz CT molecular complexity index is 242. The third-order valence-electron chi connectivity index (χ3n) is 2.46. The number of hydrogen-bond donors (Lipinski definition) is 0. The summed E-state index contributed by atoms with van der Waals surface area (Å²) in [6, 6.07) is 0. The van der Waals surface area contributed by atoms with Crippen LogP contribution in [0.25, 0.3) is 0 Å². The summed E-state index contributed by atoms with van der Waals surface area (Å²) in [5.74, 6) is 0. The summed E-state index contributed by atoms with van der Waals surface area (Å²) in [6.07, 6.45) is 9.29. The lowest BCUT2D eigenvalue weighted by atomic mass is 10.2. The van der Waals surface area contributed by atoms with Crippen molar-refractivity contribution in [3.8, 4) is 0 Å². The Balaban J connectivity index is 2.37. The highest BCUT2D eigenvalue weighted by atomic mass is 15.4. The summed E-state index contributed by atoms with van der Waals surface area (Å²) in [7, 11) is 0. The highest BCUT2D eigenvalue weighted by Crippen LogP contribution is 2.06. The number of unbranched alkanes of at least 4 members (excludes halogenated alkanes) is 3. The SMILES string of the molecule is CCCCCc1cnnn1CCCC. The van der Waals surface area contributed by atoms with Crippen LogP contribution in [-0.4, -0.2) is 15.0 Å². The zero-order valence-electron chi connectivity index (χ0n) is 9.37. The normalized spacial score (nSPS) is 10.7. The van der Waals surface area contributed by atoms with Crippen molar-refractivity contribution >= 4 is 0 Å². The molecule has 0 saturated carbocycles. The number of rotatable bonds is 7. The van der Waals surface area contributed by atoms with Crippen molar-refractivity contribution in [2.24, 2.45) is 0 Å². The summed E-state index contributed by atoms with van der Waals surface area (Å²) in [5.41, 5.74) is 1.30. The van der Waals surface area contributed by atoms with Gasteiger partial charge in [0.15, 0.2) is 0 Å². The molecule has 0 aliphatic carbocycles. The predicted molar refractivity (Wildman–Crippen MR) is 58.2 cm³/mol. The Morgan fingerprint density at radius 2 is 1.93 bits per heavy atom. The minimum Gasteiger partial charge on any atom is -0.249 e. The van der Waals surface area contributed by atoms with E-state index in [1.54, 1.807) is 0 Å². The van der Waals surface area contributed by atoms with E-state index in [1.807, 2.05) is 6.20 Å². The van der Waals surface area contributed by atoms with E-state index in [1.165, 1.54) is 37.8 Å². The van der Waals surface area contributed by atoms with Gasteiger partial charge in [-0.3, -0.25) is 0 Å². The molecule has 0 aromatic carbocycles. The minimum absolute atomic E-state index is 1.03. The largest absolute Gasteiger partial charge is 0.249 e. The first kappa shape index (κ1) is 11.2. The monoisotopic (exact) mass is 195 g/mol. The standard InChI is InChI=1S/C11H21N3/c1-3-5-7-8-11-10-12-13-14(11)9-6-4-2/h10H,3-9H2,1-2H3. The van der Waals surface area contributed by atoms with Crippen molar-refractivity contribution in [2.75, 3.05) is 0 Å². The summed E-state index contributed by atoms with van der Waals surface area (Å²) in [6.45, 7) is 5.46. The lowest BCUT2D eigenvalue weighted by Crippen LogP contribution is -2.05. The average molecular weight is 195 g/mol. The van der Waals surface area contributed by atoms with Gasteiger partial charge in [0.05, 0.1) is 11.9 Å². The number of hydrogen-bond acceptors (Lipinski definition) is 2. The molecule has 0 aliphatic heterocycles. The van der Waals surface area contributed by atoms with Crippen LogP contribution in [0.15, 0.2) is 6.20 Å². The molecule has 0 atom stereocenters. The van der Waals surface area contributed by atoms with E-state index >= 15 is 0 Å². The molecule has 1 aromatic heterocycles. The lowest BCUT2D eigenvalue weighted by Gasteiger charge is -2.04. The molecule has 3 nitrogen and oxygen atoms in total. The average Bonchev–Trinajstić information content (AvgIpc) is 2.63. The van der Waals surface area contributed by atoms with Crippen LogP contribution in [0, 0.1) is 0 Å². The molecule has 0 aliphatic rings. The van der Waals surface area contributed by atoms with Crippen LogP contribution in [0.5, 0.6) is 0 Å². The van der Waals surface area contributed by atoms with Crippen LogP contribution in [-0.2, 0) is 13.0 Å². The van der Waals surface area contributed by atoms with Gasteiger partial charge in [0.1, 0.15) is 0 Å². The first-order valence-electron chi connectivity index (χ1n) is 5.75. The van der Waals surface area contributed by atoms with E-state index in [4.69, 9.17) is 0 Å². The maximum atomic E-state index is 4.10. The molecular weight excluding hydrogens is 174 g/mol. The zero-order valence-corrected chi connectivity index (χ0v) is 9.37. The second-order valence-corrected chi connectivity index (χ2v) is 3.76. The molecule has 3 heteroatoms. The molecule has 0 bridgehead atoms. The fraction of sp³-hybridized carbons (Fsp3) is 0.818. The Morgan fingerprint density at radius 3 is 2.64 bits per heavy atom. The molecule has 0 radical (unpaired) electrons. The molecule has 0 amide bonds. The van der Waals surface area contributed by atoms with Crippen molar-refractivity contribution < 1.29 is 0 Å². The van der Waals surface area contributed by atoms with Gasteiger partial charge in [0.2, 0.25) is 0 Å².